The zero-order valence-electron chi connectivity index (χ0n) is 12.7. The van der Waals surface area contributed by atoms with Crippen molar-refractivity contribution in [3.63, 3.8) is 0 Å². The zero-order valence-corrected chi connectivity index (χ0v) is 13.5. The largest absolute Gasteiger partial charge is 0.481 e. The van der Waals surface area contributed by atoms with Crippen LogP contribution < -0.4 is 11.1 Å². The monoisotopic (exact) mass is 338 g/mol. The Morgan fingerprint density at radius 2 is 1.96 bits per heavy atom. The predicted octanol–water partition coefficient (Wildman–Crippen LogP) is 1.66. The highest BCUT2D eigenvalue weighted by atomic mass is 35.5. The quantitative estimate of drug-likeness (QED) is 0.758. The van der Waals surface area contributed by atoms with Gasteiger partial charge in [-0.25, -0.2) is 0 Å². The van der Waals surface area contributed by atoms with Crippen LogP contribution in [0.4, 0.5) is 0 Å². The van der Waals surface area contributed by atoms with Gasteiger partial charge in [0.1, 0.15) is 5.54 Å². The van der Waals surface area contributed by atoms with Crippen LogP contribution in [-0.2, 0) is 19.9 Å². The van der Waals surface area contributed by atoms with Crippen molar-refractivity contribution in [2.24, 2.45) is 17.6 Å². The number of benzene rings is 1. The third kappa shape index (κ3) is 3.64. The van der Waals surface area contributed by atoms with Gasteiger partial charge in [-0.15, -0.1) is 0 Å². The van der Waals surface area contributed by atoms with Gasteiger partial charge in [0.2, 0.25) is 11.8 Å². The van der Waals surface area contributed by atoms with Gasteiger partial charge in [-0.1, -0.05) is 23.7 Å². The summed E-state index contributed by atoms with van der Waals surface area (Å²) in [6, 6.07) is 6.55. The smallest absolute Gasteiger partial charge is 0.306 e. The topological polar surface area (TPSA) is 109 Å². The van der Waals surface area contributed by atoms with E-state index < -0.39 is 29.3 Å². The van der Waals surface area contributed by atoms with Gasteiger partial charge in [0.15, 0.2) is 0 Å². The molecule has 1 saturated carbocycles. The summed E-state index contributed by atoms with van der Waals surface area (Å²) in [5.41, 5.74) is 4.57. The molecule has 1 aliphatic rings. The molecule has 0 spiro atoms. The molecule has 1 fully saturated rings. The summed E-state index contributed by atoms with van der Waals surface area (Å²) in [5.74, 6) is -2.92. The van der Waals surface area contributed by atoms with E-state index in [0.29, 0.717) is 23.4 Å². The van der Waals surface area contributed by atoms with Crippen LogP contribution in [0.1, 0.15) is 31.7 Å². The molecule has 0 aliphatic heterocycles. The molecule has 1 aromatic rings. The first-order valence-corrected chi connectivity index (χ1v) is 7.72. The second-order valence-corrected chi connectivity index (χ2v) is 6.47. The Bertz CT molecular complexity index is 649. The molecule has 23 heavy (non-hydrogen) atoms. The van der Waals surface area contributed by atoms with Gasteiger partial charge < -0.3 is 16.2 Å². The maximum Gasteiger partial charge on any atom is 0.306 e. The van der Waals surface area contributed by atoms with Gasteiger partial charge in [0, 0.05) is 10.9 Å². The Kier molecular flexibility index (Phi) is 4.94. The zero-order chi connectivity index (χ0) is 17.2. The van der Waals surface area contributed by atoms with Crippen LogP contribution in [0.2, 0.25) is 5.02 Å². The van der Waals surface area contributed by atoms with Gasteiger partial charge in [0.05, 0.1) is 5.92 Å². The highest BCUT2D eigenvalue weighted by Crippen LogP contribution is 2.32. The minimum absolute atomic E-state index is 0.269. The number of hydrogen-bond acceptors (Lipinski definition) is 3. The predicted molar refractivity (Wildman–Crippen MR) is 84.6 cm³/mol. The lowest BCUT2D eigenvalue weighted by atomic mass is 9.90. The lowest BCUT2D eigenvalue weighted by Crippen LogP contribution is -2.54. The lowest BCUT2D eigenvalue weighted by Gasteiger charge is -2.29. The van der Waals surface area contributed by atoms with Crippen LogP contribution in [0.3, 0.4) is 0 Å². The van der Waals surface area contributed by atoms with Crippen molar-refractivity contribution in [2.45, 2.75) is 31.7 Å². The van der Waals surface area contributed by atoms with E-state index in [1.807, 2.05) is 0 Å². The van der Waals surface area contributed by atoms with E-state index in [4.69, 9.17) is 22.4 Å². The van der Waals surface area contributed by atoms with Crippen LogP contribution in [0.25, 0.3) is 0 Å². The van der Waals surface area contributed by atoms with Gasteiger partial charge in [-0.3, -0.25) is 14.4 Å². The molecule has 0 bridgehead atoms. The molecule has 3 atom stereocenters. The number of carbonyl (C=O) groups is 3. The molecular formula is C16H19ClN2O4. The number of amides is 2. The van der Waals surface area contributed by atoms with Crippen molar-refractivity contribution in [1.29, 1.82) is 0 Å². The molecule has 2 amide bonds. The first-order valence-electron chi connectivity index (χ1n) is 7.35. The minimum atomic E-state index is -1.40. The number of primary amides is 1. The standard InChI is InChI=1S/C16H19ClN2O4/c1-16(15(18)23,11-3-2-4-12(17)8-11)19-13(20)9-5-6-10(7-9)14(21)22/h2-4,8-10H,5-7H2,1H3,(H2,18,23)(H,19,20)(H,21,22)/t9-,10+,16?/m1/s1. The number of halogens is 1. The van der Waals surface area contributed by atoms with E-state index in [1.54, 1.807) is 24.3 Å². The Balaban J connectivity index is 2.18. The lowest BCUT2D eigenvalue weighted by molar-refractivity contribution is -0.141. The molecule has 0 radical (unpaired) electrons. The normalized spacial score (nSPS) is 23.0. The Labute approximate surface area is 139 Å². The first-order chi connectivity index (χ1) is 10.7. The number of nitrogens with two attached hydrogens (primary N) is 1. The molecule has 7 heteroatoms. The van der Waals surface area contributed by atoms with Gasteiger partial charge >= 0.3 is 5.97 Å². The molecule has 2 rings (SSSR count). The van der Waals surface area contributed by atoms with E-state index in [9.17, 15) is 14.4 Å². The summed E-state index contributed by atoms with van der Waals surface area (Å²) in [5, 5.41) is 12.1. The highest BCUT2D eigenvalue weighted by molar-refractivity contribution is 6.30. The fraction of sp³-hybridized carbons (Fsp3) is 0.438. The maximum absolute atomic E-state index is 12.4. The van der Waals surface area contributed by atoms with Crippen molar-refractivity contribution in [2.75, 3.05) is 0 Å². The van der Waals surface area contributed by atoms with Crippen LogP contribution in [0.15, 0.2) is 24.3 Å². The number of aliphatic carboxylic acids is 1. The van der Waals surface area contributed by atoms with E-state index in [1.165, 1.54) is 6.92 Å². The molecular weight excluding hydrogens is 320 g/mol. The van der Waals surface area contributed by atoms with Gasteiger partial charge in [0.25, 0.3) is 0 Å². The Morgan fingerprint density at radius 3 is 2.48 bits per heavy atom. The van der Waals surface area contributed by atoms with E-state index in [0.717, 1.165) is 0 Å². The van der Waals surface area contributed by atoms with Crippen LogP contribution in [-0.4, -0.2) is 22.9 Å². The SMILES string of the molecule is CC(NC(=O)[C@@H]1CC[C@H](C(=O)O)C1)(C(N)=O)c1cccc(Cl)c1. The fourth-order valence-corrected chi connectivity index (χ4v) is 3.06. The van der Waals surface area contributed by atoms with Crippen LogP contribution in [0, 0.1) is 11.8 Å². The number of carboxylic acids is 1. The molecule has 1 aliphatic carbocycles. The molecule has 1 unspecified atom stereocenters. The third-order valence-corrected chi connectivity index (χ3v) is 4.66. The molecule has 1 aromatic carbocycles. The number of rotatable bonds is 5. The van der Waals surface area contributed by atoms with Crippen LogP contribution in [0.5, 0.6) is 0 Å². The molecule has 0 aromatic heterocycles. The fourth-order valence-electron chi connectivity index (χ4n) is 2.87. The summed E-state index contributed by atoms with van der Waals surface area (Å²) in [4.78, 5) is 35.4. The van der Waals surface area contributed by atoms with Crippen molar-refractivity contribution in [1.82, 2.24) is 5.32 Å². The summed E-state index contributed by atoms with van der Waals surface area (Å²) in [6.45, 7) is 1.52. The molecule has 0 saturated heterocycles. The van der Waals surface area contributed by atoms with Crippen molar-refractivity contribution in [3.8, 4) is 0 Å². The van der Waals surface area contributed by atoms with Gasteiger partial charge in [-0.05, 0) is 43.9 Å². The van der Waals surface area contributed by atoms with Gasteiger partial charge in [-0.2, -0.15) is 0 Å². The summed E-state index contributed by atoms with van der Waals surface area (Å²) < 4.78 is 0. The molecule has 0 heterocycles. The molecule has 124 valence electrons. The average molecular weight is 339 g/mol. The third-order valence-electron chi connectivity index (χ3n) is 4.42. The Hall–Kier alpha value is -2.08. The second-order valence-electron chi connectivity index (χ2n) is 6.03. The number of carboxylic acid groups (broad SMARTS) is 1. The Morgan fingerprint density at radius 1 is 1.30 bits per heavy atom. The summed E-state index contributed by atoms with van der Waals surface area (Å²) >= 11 is 5.94. The maximum atomic E-state index is 12.4. The number of carbonyl (C=O) groups excluding carboxylic acids is 2. The number of nitrogens with one attached hydrogen (secondary N) is 1. The van der Waals surface area contributed by atoms with E-state index in [2.05, 4.69) is 5.32 Å². The van der Waals surface area contributed by atoms with Crippen molar-refractivity contribution < 1.29 is 19.5 Å². The average Bonchev–Trinajstić information content (AvgIpc) is 2.97. The van der Waals surface area contributed by atoms with E-state index in [-0.39, 0.29) is 12.3 Å². The van der Waals surface area contributed by atoms with Crippen molar-refractivity contribution >= 4 is 29.4 Å². The van der Waals surface area contributed by atoms with Crippen molar-refractivity contribution in [3.05, 3.63) is 34.9 Å². The van der Waals surface area contributed by atoms with E-state index >= 15 is 0 Å². The number of hydrogen-bond donors (Lipinski definition) is 3. The summed E-state index contributed by atoms with van der Waals surface area (Å²) in [7, 11) is 0. The summed E-state index contributed by atoms with van der Waals surface area (Å²) in [6.07, 6.45) is 1.20. The molecule has 4 N–H and O–H groups in total. The minimum Gasteiger partial charge on any atom is -0.481 e. The highest BCUT2D eigenvalue weighted by Gasteiger charge is 2.40. The first kappa shape index (κ1) is 17.3. The second kappa shape index (κ2) is 6.58. The molecule has 6 nitrogen and oxygen atoms in total. The van der Waals surface area contributed by atoms with Crippen LogP contribution >= 0.6 is 11.6 Å².